The van der Waals surface area contributed by atoms with E-state index in [1.165, 1.54) is 17.0 Å². The van der Waals surface area contributed by atoms with Crippen molar-refractivity contribution in [3.8, 4) is 0 Å². The van der Waals surface area contributed by atoms with Gasteiger partial charge in [0.1, 0.15) is 10.9 Å². The van der Waals surface area contributed by atoms with E-state index in [1.54, 1.807) is 37.3 Å². The SMILES string of the molecule is C[C@@H](C(=O)NC(C)(C)C)N(Cc1c(Cl)cccc1Cl)C(=O)CCCN1C(=O)c2ccccc2S1(=O)=O. The van der Waals surface area contributed by atoms with E-state index in [2.05, 4.69) is 5.32 Å². The highest BCUT2D eigenvalue weighted by atomic mass is 35.5. The fourth-order valence-electron chi connectivity index (χ4n) is 3.88. The number of benzene rings is 2. The summed E-state index contributed by atoms with van der Waals surface area (Å²) in [6, 6.07) is 10.1. The number of nitrogens with zero attached hydrogens (tertiary/aromatic N) is 2. The Hall–Kier alpha value is -2.62. The van der Waals surface area contributed by atoms with E-state index in [1.807, 2.05) is 20.8 Å². The third kappa shape index (κ3) is 6.02. The van der Waals surface area contributed by atoms with Crippen LogP contribution in [0.3, 0.4) is 0 Å². The molecule has 0 bridgehead atoms. The van der Waals surface area contributed by atoms with E-state index in [9.17, 15) is 22.8 Å². The molecule has 0 unspecified atom stereocenters. The lowest BCUT2D eigenvalue weighted by molar-refractivity contribution is -0.141. The lowest BCUT2D eigenvalue weighted by Gasteiger charge is -2.32. The monoisotopic (exact) mass is 553 g/mol. The van der Waals surface area contributed by atoms with Crippen LogP contribution in [-0.4, -0.2) is 53.5 Å². The number of carbonyl (C=O) groups is 3. The molecule has 1 aliphatic rings. The summed E-state index contributed by atoms with van der Waals surface area (Å²) in [4.78, 5) is 40.2. The first-order chi connectivity index (χ1) is 16.7. The Kier molecular flexibility index (Phi) is 8.37. The number of sulfonamides is 1. The van der Waals surface area contributed by atoms with Crippen LogP contribution in [0.15, 0.2) is 47.4 Å². The molecule has 3 amide bonds. The van der Waals surface area contributed by atoms with Crippen molar-refractivity contribution in [1.29, 1.82) is 0 Å². The maximum atomic E-state index is 13.3. The first-order valence-electron chi connectivity index (χ1n) is 11.4. The standard InChI is InChI=1S/C25H29Cl2N3O5S/c1-16(23(32)28-25(2,3)4)29(15-18-19(26)10-7-11-20(18)27)22(31)13-8-14-30-24(33)17-9-5-6-12-21(17)36(30,34)35/h5-7,9-12,16H,8,13-15H2,1-4H3,(H,28,32)/t16-/m0/s1. The first kappa shape index (κ1) is 28.0. The summed E-state index contributed by atoms with van der Waals surface area (Å²) < 4.78 is 26.3. The summed E-state index contributed by atoms with van der Waals surface area (Å²) in [7, 11) is -3.96. The second-order valence-corrected chi connectivity index (χ2v) is 12.3. The molecule has 0 saturated heterocycles. The van der Waals surface area contributed by atoms with Gasteiger partial charge in [-0.2, -0.15) is 0 Å². The number of rotatable bonds is 8. The summed E-state index contributed by atoms with van der Waals surface area (Å²) in [5, 5.41) is 3.58. The maximum Gasteiger partial charge on any atom is 0.269 e. The van der Waals surface area contributed by atoms with Crippen molar-refractivity contribution < 1.29 is 22.8 Å². The minimum Gasteiger partial charge on any atom is -0.350 e. The fraction of sp³-hybridized carbons (Fsp3) is 0.400. The summed E-state index contributed by atoms with van der Waals surface area (Å²) in [6.45, 7) is 6.93. The molecule has 8 nitrogen and oxygen atoms in total. The lowest BCUT2D eigenvalue weighted by Crippen LogP contribution is -2.52. The predicted molar refractivity (Wildman–Crippen MR) is 138 cm³/mol. The molecule has 0 saturated carbocycles. The average Bonchev–Trinajstić information content (AvgIpc) is 2.98. The molecule has 11 heteroatoms. The second-order valence-electron chi connectivity index (χ2n) is 9.62. The molecule has 0 fully saturated rings. The quantitative estimate of drug-likeness (QED) is 0.526. The highest BCUT2D eigenvalue weighted by Crippen LogP contribution is 2.30. The highest BCUT2D eigenvalue weighted by molar-refractivity contribution is 7.90. The third-order valence-corrected chi connectivity index (χ3v) is 8.27. The van der Waals surface area contributed by atoms with Crippen molar-refractivity contribution in [3.63, 3.8) is 0 Å². The minimum absolute atomic E-state index is 0.0115. The average molecular weight is 554 g/mol. The molecule has 194 valence electrons. The molecular weight excluding hydrogens is 525 g/mol. The van der Waals surface area contributed by atoms with E-state index in [0.717, 1.165) is 4.31 Å². The Labute approximate surface area is 221 Å². The third-order valence-electron chi connectivity index (χ3n) is 5.72. The molecule has 1 heterocycles. The van der Waals surface area contributed by atoms with Gasteiger partial charge < -0.3 is 10.2 Å². The van der Waals surface area contributed by atoms with Crippen molar-refractivity contribution in [1.82, 2.24) is 14.5 Å². The van der Waals surface area contributed by atoms with E-state index in [4.69, 9.17) is 23.2 Å². The molecule has 2 aromatic rings. The van der Waals surface area contributed by atoms with Gasteiger partial charge in [-0.05, 0) is 58.4 Å². The lowest BCUT2D eigenvalue weighted by atomic mass is 10.1. The predicted octanol–water partition coefficient (Wildman–Crippen LogP) is 4.25. The molecule has 1 N–H and O–H groups in total. The van der Waals surface area contributed by atoms with E-state index in [-0.39, 0.29) is 42.3 Å². The van der Waals surface area contributed by atoms with Gasteiger partial charge in [-0.3, -0.25) is 14.4 Å². The summed E-state index contributed by atoms with van der Waals surface area (Å²) in [6.07, 6.45) is -0.0109. The van der Waals surface area contributed by atoms with Crippen molar-refractivity contribution in [2.24, 2.45) is 0 Å². The van der Waals surface area contributed by atoms with E-state index >= 15 is 0 Å². The van der Waals surface area contributed by atoms with E-state index in [0.29, 0.717) is 15.6 Å². The molecule has 1 aliphatic heterocycles. The first-order valence-corrected chi connectivity index (χ1v) is 13.6. The normalized spacial score (nSPS) is 15.4. The molecule has 36 heavy (non-hydrogen) atoms. The van der Waals surface area contributed by atoms with Crippen LogP contribution in [0.1, 0.15) is 56.5 Å². The van der Waals surface area contributed by atoms with Crippen molar-refractivity contribution in [2.75, 3.05) is 6.54 Å². The molecule has 1 atom stereocenters. The molecule has 0 aliphatic carbocycles. The van der Waals surface area contributed by atoms with Crippen molar-refractivity contribution in [2.45, 2.75) is 63.6 Å². The van der Waals surface area contributed by atoms with Gasteiger partial charge in [0.25, 0.3) is 15.9 Å². The Morgan fingerprint density at radius 3 is 2.25 bits per heavy atom. The smallest absolute Gasteiger partial charge is 0.269 e. The Bertz CT molecular complexity index is 1270. The van der Waals surface area contributed by atoms with Gasteiger partial charge in [0, 0.05) is 40.7 Å². The summed E-state index contributed by atoms with van der Waals surface area (Å²) >= 11 is 12.6. The maximum absolute atomic E-state index is 13.3. The second kappa shape index (κ2) is 10.8. The van der Waals surface area contributed by atoms with Gasteiger partial charge in [-0.15, -0.1) is 0 Å². The van der Waals surface area contributed by atoms with Gasteiger partial charge in [0.15, 0.2) is 0 Å². The zero-order valence-electron chi connectivity index (χ0n) is 20.5. The number of amides is 3. The number of fused-ring (bicyclic) bond motifs is 1. The number of carbonyl (C=O) groups excluding carboxylic acids is 3. The van der Waals surface area contributed by atoms with Crippen LogP contribution in [0.2, 0.25) is 10.0 Å². The molecule has 3 rings (SSSR count). The number of halogens is 2. The minimum atomic E-state index is -3.96. The number of nitrogens with one attached hydrogen (secondary N) is 1. The number of hydrogen-bond acceptors (Lipinski definition) is 5. The van der Waals surface area contributed by atoms with Crippen LogP contribution >= 0.6 is 23.2 Å². The zero-order valence-corrected chi connectivity index (χ0v) is 22.9. The van der Waals surface area contributed by atoms with Gasteiger partial charge >= 0.3 is 0 Å². The molecule has 0 aromatic heterocycles. The molecular formula is C25H29Cl2N3O5S. The molecule has 0 spiro atoms. The van der Waals surface area contributed by atoms with Gasteiger partial charge in [-0.1, -0.05) is 41.4 Å². The van der Waals surface area contributed by atoms with Crippen LogP contribution in [0.4, 0.5) is 0 Å². The molecule has 2 aromatic carbocycles. The zero-order chi connectivity index (χ0) is 26.8. The van der Waals surface area contributed by atoms with Gasteiger partial charge in [0.2, 0.25) is 11.8 Å². The summed E-state index contributed by atoms with van der Waals surface area (Å²) in [5.41, 5.74) is 0.102. The van der Waals surface area contributed by atoms with Crippen LogP contribution in [-0.2, 0) is 26.2 Å². The van der Waals surface area contributed by atoms with Gasteiger partial charge in [-0.25, -0.2) is 12.7 Å². The van der Waals surface area contributed by atoms with Crippen LogP contribution in [0.5, 0.6) is 0 Å². The van der Waals surface area contributed by atoms with Crippen LogP contribution in [0.25, 0.3) is 0 Å². The van der Waals surface area contributed by atoms with Crippen molar-refractivity contribution >= 4 is 50.9 Å². The Morgan fingerprint density at radius 2 is 1.67 bits per heavy atom. The van der Waals surface area contributed by atoms with E-state index < -0.39 is 33.4 Å². The van der Waals surface area contributed by atoms with Crippen LogP contribution < -0.4 is 5.32 Å². The molecule has 0 radical (unpaired) electrons. The fourth-order valence-corrected chi connectivity index (χ4v) is 6.00. The van der Waals surface area contributed by atoms with Crippen molar-refractivity contribution in [3.05, 3.63) is 63.6 Å². The van der Waals surface area contributed by atoms with Crippen LogP contribution in [0, 0.1) is 0 Å². The number of hydrogen-bond donors (Lipinski definition) is 1. The Morgan fingerprint density at radius 1 is 1.06 bits per heavy atom. The summed E-state index contributed by atoms with van der Waals surface area (Å²) in [5.74, 6) is -1.37. The van der Waals surface area contributed by atoms with Gasteiger partial charge in [0.05, 0.1) is 5.56 Å². The topological polar surface area (TPSA) is 104 Å². The highest BCUT2D eigenvalue weighted by Gasteiger charge is 2.40. The Balaban J connectivity index is 1.77. The largest absolute Gasteiger partial charge is 0.350 e.